The Morgan fingerprint density at radius 1 is 1.19 bits per heavy atom. The largest absolute Gasteiger partial charge is 0.480 e. The molecule has 2 amide bonds. The predicted octanol–water partition coefficient (Wildman–Crippen LogP) is 0.876. The predicted molar refractivity (Wildman–Crippen MR) is 93.6 cm³/mol. The number of amides is 2. The van der Waals surface area contributed by atoms with Gasteiger partial charge in [-0.1, -0.05) is 26.0 Å². The molecular weight excluding hydrogens is 352 g/mol. The molecule has 27 heavy (non-hydrogen) atoms. The van der Waals surface area contributed by atoms with Crippen LogP contribution in [0.1, 0.15) is 42.2 Å². The molecule has 2 heterocycles. The number of rotatable bonds is 5. The molecule has 2 saturated heterocycles. The van der Waals surface area contributed by atoms with E-state index in [-0.39, 0.29) is 12.3 Å². The number of hydrogen-bond donors (Lipinski definition) is 3. The minimum Gasteiger partial charge on any atom is -0.480 e. The molecule has 0 aromatic heterocycles. The molecule has 4 unspecified atom stereocenters. The maximum Gasteiger partial charge on any atom is 0.337 e. The molecule has 144 valence electrons. The van der Waals surface area contributed by atoms with Crippen LogP contribution in [0.25, 0.3) is 0 Å². The number of carboxylic acid groups (broad SMARTS) is 1. The number of aliphatic carboxylic acids is 1. The van der Waals surface area contributed by atoms with E-state index >= 15 is 0 Å². The highest BCUT2D eigenvalue weighted by Crippen LogP contribution is 2.48. The first-order valence-corrected chi connectivity index (χ1v) is 8.75. The average Bonchev–Trinajstić information content (AvgIpc) is 3.11. The van der Waals surface area contributed by atoms with E-state index in [1.54, 1.807) is 24.3 Å². The van der Waals surface area contributed by atoms with Gasteiger partial charge in [0.2, 0.25) is 11.8 Å². The summed E-state index contributed by atoms with van der Waals surface area (Å²) >= 11 is 0. The third kappa shape index (κ3) is 2.99. The van der Waals surface area contributed by atoms with Crippen molar-refractivity contribution >= 4 is 23.8 Å². The summed E-state index contributed by atoms with van der Waals surface area (Å²) < 4.78 is 4.67. The summed E-state index contributed by atoms with van der Waals surface area (Å²) in [4.78, 5) is 48.7. The third-order valence-corrected chi connectivity index (χ3v) is 5.30. The van der Waals surface area contributed by atoms with Gasteiger partial charge in [-0.2, -0.15) is 0 Å². The average molecular weight is 374 g/mol. The van der Waals surface area contributed by atoms with E-state index in [0.29, 0.717) is 11.1 Å². The molecule has 0 saturated carbocycles. The number of esters is 1. The van der Waals surface area contributed by atoms with Crippen LogP contribution in [0.5, 0.6) is 0 Å². The molecule has 4 atom stereocenters. The molecule has 2 aliphatic heterocycles. The number of carboxylic acids is 1. The van der Waals surface area contributed by atoms with Crippen LogP contribution in [0.4, 0.5) is 0 Å². The second-order valence-corrected chi connectivity index (χ2v) is 7.47. The third-order valence-electron chi connectivity index (χ3n) is 5.30. The van der Waals surface area contributed by atoms with Crippen LogP contribution in [-0.4, -0.2) is 41.5 Å². The molecule has 0 radical (unpaired) electrons. The topological polar surface area (TPSA) is 122 Å². The molecule has 8 nitrogen and oxygen atoms in total. The number of hydrogen-bond acceptors (Lipinski definition) is 6. The fraction of sp³-hybridized carbons (Fsp3) is 0.474. The molecule has 1 aromatic carbocycles. The van der Waals surface area contributed by atoms with E-state index in [4.69, 9.17) is 0 Å². The van der Waals surface area contributed by atoms with Crippen molar-refractivity contribution in [3.05, 3.63) is 35.4 Å². The van der Waals surface area contributed by atoms with Gasteiger partial charge in [-0.05, 0) is 30.0 Å². The zero-order chi connectivity index (χ0) is 19.9. The van der Waals surface area contributed by atoms with E-state index in [0.717, 1.165) is 0 Å². The minimum absolute atomic E-state index is 0.00166. The van der Waals surface area contributed by atoms with E-state index in [9.17, 15) is 24.3 Å². The molecular formula is C19H22N2O6. The van der Waals surface area contributed by atoms with Crippen molar-refractivity contribution in [1.82, 2.24) is 10.6 Å². The van der Waals surface area contributed by atoms with Crippen LogP contribution in [0.3, 0.4) is 0 Å². The van der Waals surface area contributed by atoms with Crippen molar-refractivity contribution < 1.29 is 29.0 Å². The molecule has 2 fully saturated rings. The van der Waals surface area contributed by atoms with Crippen molar-refractivity contribution in [3.8, 4) is 0 Å². The summed E-state index contributed by atoms with van der Waals surface area (Å²) in [6, 6.07) is 5.74. The monoisotopic (exact) mass is 374 g/mol. The van der Waals surface area contributed by atoms with Gasteiger partial charge in [0, 0.05) is 6.04 Å². The van der Waals surface area contributed by atoms with Crippen LogP contribution in [0, 0.1) is 17.8 Å². The Kier molecular flexibility index (Phi) is 4.77. The molecule has 2 aliphatic rings. The van der Waals surface area contributed by atoms with Crippen LogP contribution < -0.4 is 10.6 Å². The fourth-order valence-electron chi connectivity index (χ4n) is 4.28. The van der Waals surface area contributed by atoms with E-state index in [2.05, 4.69) is 15.4 Å². The van der Waals surface area contributed by atoms with Crippen molar-refractivity contribution in [2.45, 2.75) is 31.8 Å². The summed E-state index contributed by atoms with van der Waals surface area (Å²) in [6.07, 6.45) is 0.209. The SMILES string of the molecule is COC(=O)c1ccc(C2NC(CC(C)C)(C(=O)O)C3C(=O)NC(=O)C23)cc1. The zero-order valence-electron chi connectivity index (χ0n) is 15.3. The van der Waals surface area contributed by atoms with Crippen LogP contribution in [0.15, 0.2) is 24.3 Å². The molecule has 0 bridgehead atoms. The van der Waals surface area contributed by atoms with Crippen molar-refractivity contribution in [2.75, 3.05) is 7.11 Å². The highest BCUT2D eigenvalue weighted by atomic mass is 16.5. The number of fused-ring (bicyclic) bond motifs is 1. The number of methoxy groups -OCH3 is 1. The zero-order valence-corrected chi connectivity index (χ0v) is 15.3. The summed E-state index contributed by atoms with van der Waals surface area (Å²) in [7, 11) is 1.28. The molecule has 3 N–H and O–H groups in total. The smallest absolute Gasteiger partial charge is 0.337 e. The van der Waals surface area contributed by atoms with Crippen molar-refractivity contribution in [1.29, 1.82) is 0 Å². The summed E-state index contributed by atoms with van der Waals surface area (Å²) in [5, 5.41) is 15.3. The van der Waals surface area contributed by atoms with Crippen molar-refractivity contribution in [2.24, 2.45) is 17.8 Å². The normalized spacial score (nSPS) is 29.6. The Balaban J connectivity index is 2.04. The van der Waals surface area contributed by atoms with Crippen LogP contribution in [0.2, 0.25) is 0 Å². The molecule has 8 heteroatoms. The maximum absolute atomic E-state index is 12.4. The van der Waals surface area contributed by atoms with Gasteiger partial charge in [-0.25, -0.2) is 4.79 Å². The molecule has 0 aliphatic carbocycles. The second kappa shape index (κ2) is 6.77. The lowest BCUT2D eigenvalue weighted by molar-refractivity contribution is -0.150. The number of carbonyl (C=O) groups excluding carboxylic acids is 3. The Morgan fingerprint density at radius 2 is 1.81 bits per heavy atom. The Labute approximate surface area is 156 Å². The first kappa shape index (κ1) is 19.0. The first-order valence-electron chi connectivity index (χ1n) is 8.75. The van der Waals surface area contributed by atoms with E-state index < -0.39 is 47.2 Å². The second-order valence-electron chi connectivity index (χ2n) is 7.47. The fourth-order valence-corrected chi connectivity index (χ4v) is 4.28. The summed E-state index contributed by atoms with van der Waals surface area (Å²) in [6.45, 7) is 3.74. The van der Waals surface area contributed by atoms with Gasteiger partial charge in [-0.15, -0.1) is 0 Å². The Hall–Kier alpha value is -2.74. The van der Waals surface area contributed by atoms with Crippen LogP contribution >= 0.6 is 0 Å². The van der Waals surface area contributed by atoms with Gasteiger partial charge < -0.3 is 9.84 Å². The van der Waals surface area contributed by atoms with Gasteiger partial charge in [0.25, 0.3) is 0 Å². The van der Waals surface area contributed by atoms with E-state index in [1.165, 1.54) is 7.11 Å². The number of imide groups is 1. The lowest BCUT2D eigenvalue weighted by Gasteiger charge is -2.31. The van der Waals surface area contributed by atoms with E-state index in [1.807, 2.05) is 13.8 Å². The Bertz CT molecular complexity index is 803. The van der Waals surface area contributed by atoms with Gasteiger partial charge in [-0.3, -0.25) is 25.0 Å². The highest BCUT2D eigenvalue weighted by Gasteiger charge is 2.66. The number of carbonyl (C=O) groups is 4. The lowest BCUT2D eigenvalue weighted by Crippen LogP contribution is -2.56. The number of benzene rings is 1. The van der Waals surface area contributed by atoms with Gasteiger partial charge in [0.05, 0.1) is 24.5 Å². The Morgan fingerprint density at radius 3 is 2.33 bits per heavy atom. The van der Waals surface area contributed by atoms with Gasteiger partial charge in [0.15, 0.2) is 0 Å². The molecule has 1 aromatic rings. The summed E-state index contributed by atoms with van der Waals surface area (Å²) in [5.41, 5.74) is -0.551. The van der Waals surface area contributed by atoms with Crippen LogP contribution in [-0.2, 0) is 19.1 Å². The van der Waals surface area contributed by atoms with Crippen molar-refractivity contribution in [3.63, 3.8) is 0 Å². The molecule has 3 rings (SSSR count). The van der Waals surface area contributed by atoms with Gasteiger partial charge >= 0.3 is 11.9 Å². The number of ether oxygens (including phenoxy) is 1. The quantitative estimate of drug-likeness (QED) is 0.516. The summed E-state index contributed by atoms with van der Waals surface area (Å²) in [5.74, 6) is -4.50. The molecule has 0 spiro atoms. The first-order chi connectivity index (χ1) is 12.7. The number of nitrogens with one attached hydrogen (secondary N) is 2. The van der Waals surface area contributed by atoms with Gasteiger partial charge in [0.1, 0.15) is 5.54 Å². The maximum atomic E-state index is 12.4. The minimum atomic E-state index is -1.53. The lowest BCUT2D eigenvalue weighted by atomic mass is 9.75. The highest BCUT2D eigenvalue weighted by molar-refractivity contribution is 6.09. The standard InChI is InChI=1S/C19H22N2O6/c1-9(2)8-19(18(25)26)13-12(15(22)20-16(13)23)14(21-19)10-4-6-11(7-5-10)17(24)27-3/h4-7,9,12-14,21H,8H2,1-3H3,(H,25,26)(H,20,22,23).